The number of carbonyl (C=O) groups is 1. The van der Waals surface area contributed by atoms with Crippen molar-refractivity contribution in [2.45, 2.75) is 13.3 Å². The van der Waals surface area contributed by atoms with Crippen LogP contribution in [0.2, 0.25) is 5.15 Å². The molecule has 0 saturated carbocycles. The molecule has 0 bridgehead atoms. The maximum absolute atomic E-state index is 11.5. The molecule has 0 spiro atoms. The summed E-state index contributed by atoms with van der Waals surface area (Å²) in [5.41, 5.74) is 0.237. The van der Waals surface area contributed by atoms with Crippen molar-refractivity contribution in [2.24, 2.45) is 5.92 Å². The van der Waals surface area contributed by atoms with Gasteiger partial charge >= 0.3 is 0 Å². The number of nitrogens with one attached hydrogen (secondary N) is 1. The lowest BCUT2D eigenvalue weighted by molar-refractivity contribution is 0.0939. The fourth-order valence-corrected chi connectivity index (χ4v) is 1.22. The summed E-state index contributed by atoms with van der Waals surface area (Å²) in [6.07, 6.45) is 0.659. The number of aliphatic hydroxyl groups excluding tert-OH is 1. The Hall–Kier alpha value is -1.20. The number of amides is 1. The van der Waals surface area contributed by atoms with Gasteiger partial charge in [-0.1, -0.05) is 18.5 Å². The van der Waals surface area contributed by atoms with E-state index < -0.39 is 0 Å². The molecule has 0 radical (unpaired) electrons. The van der Waals surface area contributed by atoms with Crippen LogP contribution >= 0.6 is 11.6 Å². The van der Waals surface area contributed by atoms with Crippen LogP contribution in [-0.2, 0) is 0 Å². The lowest BCUT2D eigenvalue weighted by Crippen LogP contribution is -2.29. The second-order valence-corrected chi connectivity index (χ2v) is 3.96. The molecule has 1 unspecified atom stereocenters. The van der Waals surface area contributed by atoms with E-state index in [-0.39, 0.29) is 29.3 Å². The van der Waals surface area contributed by atoms with E-state index in [0.717, 1.165) is 0 Å². The molecule has 0 aliphatic rings. The van der Waals surface area contributed by atoms with E-state index in [9.17, 15) is 4.79 Å². The highest BCUT2D eigenvalue weighted by Gasteiger charge is 2.09. The number of carbonyl (C=O) groups excluding carboxylic acids is 1. The first kappa shape index (κ1) is 12.9. The average molecular weight is 244 g/mol. The van der Waals surface area contributed by atoms with Crippen LogP contribution in [-0.4, -0.2) is 34.4 Å². The van der Waals surface area contributed by atoms with Gasteiger partial charge in [-0.25, -0.2) is 0 Å². The van der Waals surface area contributed by atoms with Crippen LogP contribution < -0.4 is 5.32 Å². The molecule has 1 rings (SSSR count). The third-order valence-electron chi connectivity index (χ3n) is 2.10. The first-order chi connectivity index (χ1) is 7.63. The van der Waals surface area contributed by atoms with Crippen LogP contribution in [0.4, 0.5) is 0 Å². The van der Waals surface area contributed by atoms with Gasteiger partial charge in [-0.05, 0) is 24.5 Å². The monoisotopic (exact) mass is 243 g/mol. The van der Waals surface area contributed by atoms with E-state index in [1.807, 2.05) is 6.92 Å². The summed E-state index contributed by atoms with van der Waals surface area (Å²) in [5.74, 6) is -0.0526. The van der Waals surface area contributed by atoms with E-state index in [0.29, 0.717) is 13.0 Å². The van der Waals surface area contributed by atoms with E-state index in [4.69, 9.17) is 16.7 Å². The normalized spacial score (nSPS) is 12.2. The van der Waals surface area contributed by atoms with E-state index in [2.05, 4.69) is 15.5 Å². The number of aliphatic hydroxyl groups is 1. The Morgan fingerprint density at radius 1 is 1.56 bits per heavy atom. The molecular weight excluding hydrogens is 230 g/mol. The highest BCUT2D eigenvalue weighted by Crippen LogP contribution is 2.03. The molecule has 0 aromatic carbocycles. The fraction of sp³-hybridized carbons (Fsp3) is 0.500. The number of hydrogen-bond donors (Lipinski definition) is 2. The molecule has 2 N–H and O–H groups in total. The van der Waals surface area contributed by atoms with Crippen molar-refractivity contribution in [3.05, 3.63) is 23.0 Å². The van der Waals surface area contributed by atoms with Crippen LogP contribution in [0.3, 0.4) is 0 Å². The molecular formula is C10H14ClN3O2. The van der Waals surface area contributed by atoms with Gasteiger partial charge in [-0.3, -0.25) is 4.79 Å². The van der Waals surface area contributed by atoms with Gasteiger partial charge < -0.3 is 10.4 Å². The minimum atomic E-state index is -0.283. The molecule has 88 valence electrons. The summed E-state index contributed by atoms with van der Waals surface area (Å²) in [4.78, 5) is 11.5. The number of nitrogens with zero attached hydrogens (tertiary/aromatic N) is 2. The zero-order valence-corrected chi connectivity index (χ0v) is 9.74. The van der Waals surface area contributed by atoms with Gasteiger partial charge in [-0.2, -0.15) is 0 Å². The highest BCUT2D eigenvalue weighted by molar-refractivity contribution is 6.29. The zero-order chi connectivity index (χ0) is 12.0. The van der Waals surface area contributed by atoms with Crippen LogP contribution in [0.25, 0.3) is 0 Å². The van der Waals surface area contributed by atoms with Gasteiger partial charge in [0.15, 0.2) is 10.8 Å². The topological polar surface area (TPSA) is 75.1 Å². The summed E-state index contributed by atoms with van der Waals surface area (Å²) in [7, 11) is 0. The van der Waals surface area contributed by atoms with Gasteiger partial charge in [0, 0.05) is 13.2 Å². The van der Waals surface area contributed by atoms with Crippen molar-refractivity contribution in [2.75, 3.05) is 13.2 Å². The van der Waals surface area contributed by atoms with Crippen molar-refractivity contribution in [1.29, 1.82) is 0 Å². The predicted molar refractivity (Wildman–Crippen MR) is 60.2 cm³/mol. The average Bonchev–Trinajstić information content (AvgIpc) is 2.27. The maximum Gasteiger partial charge on any atom is 0.271 e. The molecule has 1 aromatic rings. The van der Waals surface area contributed by atoms with Crippen molar-refractivity contribution in [3.63, 3.8) is 0 Å². The SMILES string of the molecule is CC(CCO)CNC(=O)c1ccc(Cl)nn1. The third kappa shape index (κ3) is 4.12. The van der Waals surface area contributed by atoms with Crippen molar-refractivity contribution < 1.29 is 9.90 Å². The molecule has 6 heteroatoms. The summed E-state index contributed by atoms with van der Waals surface area (Å²) < 4.78 is 0. The fourth-order valence-electron chi connectivity index (χ4n) is 1.12. The summed E-state index contributed by atoms with van der Waals surface area (Å²) in [6, 6.07) is 3.03. The lowest BCUT2D eigenvalue weighted by atomic mass is 10.1. The standard InChI is InChI=1S/C10H14ClN3O2/c1-7(4-5-15)6-12-10(16)8-2-3-9(11)14-13-8/h2-3,7,15H,4-6H2,1H3,(H,12,16). The zero-order valence-electron chi connectivity index (χ0n) is 8.98. The Bertz CT molecular complexity index is 342. The van der Waals surface area contributed by atoms with Crippen LogP contribution in [0.1, 0.15) is 23.8 Å². The Morgan fingerprint density at radius 3 is 2.88 bits per heavy atom. The molecule has 1 atom stereocenters. The summed E-state index contributed by atoms with van der Waals surface area (Å²) >= 11 is 5.55. The number of aromatic nitrogens is 2. The summed E-state index contributed by atoms with van der Waals surface area (Å²) in [6.45, 7) is 2.57. The van der Waals surface area contributed by atoms with Crippen molar-refractivity contribution in [1.82, 2.24) is 15.5 Å². The Balaban J connectivity index is 2.43. The quantitative estimate of drug-likeness (QED) is 0.805. The minimum absolute atomic E-state index is 0.123. The van der Waals surface area contributed by atoms with Crippen LogP contribution in [0.5, 0.6) is 0 Å². The minimum Gasteiger partial charge on any atom is -0.396 e. The molecule has 1 aromatic heterocycles. The molecule has 5 nitrogen and oxygen atoms in total. The predicted octanol–water partition coefficient (Wildman–Crippen LogP) is 0.878. The Kier molecular flexibility index (Phi) is 5.14. The van der Waals surface area contributed by atoms with Crippen LogP contribution in [0, 0.1) is 5.92 Å². The molecule has 0 fully saturated rings. The first-order valence-electron chi connectivity index (χ1n) is 5.01. The molecule has 1 heterocycles. The largest absolute Gasteiger partial charge is 0.396 e. The lowest BCUT2D eigenvalue weighted by Gasteiger charge is -2.10. The first-order valence-corrected chi connectivity index (χ1v) is 5.39. The number of hydrogen-bond acceptors (Lipinski definition) is 4. The van der Waals surface area contributed by atoms with E-state index in [1.54, 1.807) is 0 Å². The smallest absolute Gasteiger partial charge is 0.271 e. The number of halogens is 1. The molecule has 0 saturated heterocycles. The van der Waals surface area contributed by atoms with E-state index >= 15 is 0 Å². The third-order valence-corrected chi connectivity index (χ3v) is 2.30. The Morgan fingerprint density at radius 2 is 2.31 bits per heavy atom. The van der Waals surface area contributed by atoms with Crippen molar-refractivity contribution >= 4 is 17.5 Å². The molecule has 0 aliphatic heterocycles. The molecule has 1 amide bonds. The second-order valence-electron chi connectivity index (χ2n) is 3.57. The number of rotatable bonds is 5. The second kappa shape index (κ2) is 6.40. The maximum atomic E-state index is 11.5. The van der Waals surface area contributed by atoms with E-state index in [1.165, 1.54) is 12.1 Å². The van der Waals surface area contributed by atoms with Gasteiger partial charge in [-0.15, -0.1) is 10.2 Å². The van der Waals surface area contributed by atoms with Gasteiger partial charge in [0.1, 0.15) is 0 Å². The van der Waals surface area contributed by atoms with Crippen LogP contribution in [0.15, 0.2) is 12.1 Å². The van der Waals surface area contributed by atoms with Gasteiger partial charge in [0.05, 0.1) is 0 Å². The van der Waals surface area contributed by atoms with Crippen molar-refractivity contribution in [3.8, 4) is 0 Å². The van der Waals surface area contributed by atoms with Gasteiger partial charge in [0.25, 0.3) is 5.91 Å². The molecule has 16 heavy (non-hydrogen) atoms. The molecule has 0 aliphatic carbocycles. The Labute approximate surface area is 98.8 Å². The highest BCUT2D eigenvalue weighted by atomic mass is 35.5. The van der Waals surface area contributed by atoms with Gasteiger partial charge in [0.2, 0.25) is 0 Å². The summed E-state index contributed by atoms with van der Waals surface area (Å²) in [5, 5.41) is 18.9.